The lowest BCUT2D eigenvalue weighted by Crippen LogP contribution is -1.95. The van der Waals surface area contributed by atoms with Gasteiger partial charge in [-0.15, -0.1) is 21.5 Å². The van der Waals surface area contributed by atoms with Crippen LogP contribution in [0.15, 0.2) is 0 Å². The molecule has 0 aromatic carbocycles. The van der Waals surface area contributed by atoms with E-state index in [9.17, 15) is 4.79 Å². The van der Waals surface area contributed by atoms with E-state index < -0.39 is 0 Å². The van der Waals surface area contributed by atoms with Crippen molar-refractivity contribution in [3.63, 3.8) is 0 Å². The molecule has 0 aliphatic rings. The van der Waals surface area contributed by atoms with E-state index in [4.69, 9.17) is 0 Å². The van der Waals surface area contributed by atoms with E-state index >= 15 is 0 Å². The molecule has 1 aromatic heterocycles. The average molecular weight is 172 g/mol. The predicted molar refractivity (Wildman–Crippen MR) is 40.4 cm³/mol. The van der Waals surface area contributed by atoms with Gasteiger partial charge in [0.1, 0.15) is 10.0 Å². The first-order valence-electron chi connectivity index (χ1n) is 3.17. The molecule has 0 atom stereocenters. The molecule has 4 nitrogen and oxygen atoms in total. The lowest BCUT2D eigenvalue weighted by molar-refractivity contribution is -0.128. The fourth-order valence-electron chi connectivity index (χ4n) is 0.633. The first-order chi connectivity index (χ1) is 5.33. The minimum Gasteiger partial charge on any atom is -0.467 e. The topological polar surface area (TPSA) is 52.1 Å². The fourth-order valence-corrected chi connectivity index (χ4v) is 1.32. The summed E-state index contributed by atoms with van der Waals surface area (Å²) < 4.78 is 4.51. The summed E-state index contributed by atoms with van der Waals surface area (Å²) in [7, 11) is 0. The molecule has 0 saturated heterocycles. The Hall–Kier alpha value is -0.970. The van der Waals surface area contributed by atoms with E-state index in [1.54, 1.807) is 0 Å². The normalized spacial score (nSPS) is 9.55. The van der Waals surface area contributed by atoms with Crippen LogP contribution in [0.1, 0.15) is 10.0 Å². The van der Waals surface area contributed by atoms with Gasteiger partial charge in [-0.2, -0.15) is 0 Å². The summed E-state index contributed by atoms with van der Waals surface area (Å²) in [5, 5.41) is 9.52. The highest BCUT2D eigenvalue weighted by molar-refractivity contribution is 7.11. The van der Waals surface area contributed by atoms with Crippen molar-refractivity contribution in [1.82, 2.24) is 10.2 Å². The number of aryl methyl sites for hydroxylation is 1. The summed E-state index contributed by atoms with van der Waals surface area (Å²) in [5.41, 5.74) is 0. The molecule has 0 aliphatic heterocycles. The van der Waals surface area contributed by atoms with E-state index in [0.717, 1.165) is 10.0 Å². The maximum atomic E-state index is 9.75. The summed E-state index contributed by atoms with van der Waals surface area (Å²) in [4.78, 5) is 9.75. The minimum absolute atomic E-state index is 0.387. The highest BCUT2D eigenvalue weighted by Crippen LogP contribution is 2.07. The number of carbonyl (C=O) groups excluding carboxylic acids is 1. The van der Waals surface area contributed by atoms with Crippen LogP contribution >= 0.6 is 11.3 Å². The second-order valence-corrected chi connectivity index (χ2v) is 3.20. The quantitative estimate of drug-likeness (QED) is 0.492. The second kappa shape index (κ2) is 4.02. The third-order valence-corrected chi connectivity index (χ3v) is 1.97. The van der Waals surface area contributed by atoms with Gasteiger partial charge in [-0.3, -0.25) is 4.79 Å². The van der Waals surface area contributed by atoms with E-state index in [1.807, 2.05) is 6.92 Å². The van der Waals surface area contributed by atoms with Gasteiger partial charge >= 0.3 is 0 Å². The van der Waals surface area contributed by atoms with E-state index in [-0.39, 0.29) is 0 Å². The van der Waals surface area contributed by atoms with Crippen molar-refractivity contribution in [2.24, 2.45) is 0 Å². The van der Waals surface area contributed by atoms with Crippen LogP contribution in [0, 0.1) is 6.92 Å². The summed E-state index contributed by atoms with van der Waals surface area (Å²) in [6, 6.07) is 0. The van der Waals surface area contributed by atoms with Crippen LogP contribution in [0.2, 0.25) is 0 Å². The molecule has 11 heavy (non-hydrogen) atoms. The van der Waals surface area contributed by atoms with Gasteiger partial charge in [-0.25, -0.2) is 0 Å². The molecule has 0 aliphatic carbocycles. The maximum absolute atomic E-state index is 9.75. The van der Waals surface area contributed by atoms with E-state index in [1.165, 1.54) is 11.3 Å². The molecule has 0 spiro atoms. The SMILES string of the molecule is Cc1nnc(CCOC=O)s1. The number of ether oxygens (including phenoxy) is 1. The molecule has 0 N–H and O–H groups in total. The molecule has 0 unspecified atom stereocenters. The molecule has 1 rings (SSSR count). The fraction of sp³-hybridized carbons (Fsp3) is 0.500. The zero-order valence-electron chi connectivity index (χ0n) is 6.11. The van der Waals surface area contributed by atoms with Crippen molar-refractivity contribution in [1.29, 1.82) is 0 Å². The Morgan fingerprint density at radius 1 is 1.64 bits per heavy atom. The van der Waals surface area contributed by atoms with Gasteiger partial charge in [-0.1, -0.05) is 0 Å². The Morgan fingerprint density at radius 2 is 2.45 bits per heavy atom. The molecule has 60 valence electrons. The molecule has 1 aromatic rings. The van der Waals surface area contributed by atoms with Crippen LogP contribution in [0.5, 0.6) is 0 Å². The Bertz CT molecular complexity index is 236. The van der Waals surface area contributed by atoms with Crippen LogP contribution in [-0.2, 0) is 16.0 Å². The van der Waals surface area contributed by atoms with Crippen LogP contribution in [-0.4, -0.2) is 23.3 Å². The van der Waals surface area contributed by atoms with Crippen molar-refractivity contribution >= 4 is 17.8 Å². The molecule has 5 heteroatoms. The van der Waals surface area contributed by atoms with Crippen molar-refractivity contribution in [3.05, 3.63) is 10.0 Å². The maximum Gasteiger partial charge on any atom is 0.293 e. The predicted octanol–water partition coefficient (Wildman–Crippen LogP) is 0.562. The van der Waals surface area contributed by atoms with Crippen LogP contribution < -0.4 is 0 Å². The van der Waals surface area contributed by atoms with Crippen LogP contribution in [0.4, 0.5) is 0 Å². The number of hydrogen-bond acceptors (Lipinski definition) is 5. The Labute approximate surface area is 68.2 Å². The van der Waals surface area contributed by atoms with Gasteiger partial charge in [-0.05, 0) is 6.92 Å². The summed E-state index contributed by atoms with van der Waals surface area (Å²) in [6.07, 6.45) is 0.657. The van der Waals surface area contributed by atoms with Crippen LogP contribution in [0.25, 0.3) is 0 Å². The van der Waals surface area contributed by atoms with Gasteiger partial charge < -0.3 is 4.74 Å². The van der Waals surface area contributed by atoms with Crippen LogP contribution in [0.3, 0.4) is 0 Å². The average Bonchev–Trinajstić information content (AvgIpc) is 2.37. The summed E-state index contributed by atoms with van der Waals surface area (Å²) >= 11 is 1.52. The minimum atomic E-state index is 0.387. The lowest BCUT2D eigenvalue weighted by Gasteiger charge is -1.91. The molecule has 0 radical (unpaired) electrons. The molecule has 0 fully saturated rings. The standard InChI is InChI=1S/C6H8N2O2S/c1-5-7-8-6(11-5)2-3-10-4-9/h4H,2-3H2,1H3. The van der Waals surface area contributed by atoms with Gasteiger partial charge in [0, 0.05) is 6.42 Å². The van der Waals surface area contributed by atoms with Gasteiger partial charge in [0.05, 0.1) is 6.61 Å². The zero-order chi connectivity index (χ0) is 8.10. The summed E-state index contributed by atoms with van der Waals surface area (Å²) in [5.74, 6) is 0. The third kappa shape index (κ3) is 2.63. The number of aromatic nitrogens is 2. The van der Waals surface area contributed by atoms with Gasteiger partial charge in [0.15, 0.2) is 0 Å². The van der Waals surface area contributed by atoms with E-state index in [0.29, 0.717) is 19.5 Å². The van der Waals surface area contributed by atoms with Gasteiger partial charge in [0.25, 0.3) is 6.47 Å². The molecule has 0 bridgehead atoms. The Morgan fingerprint density at radius 3 is 3.00 bits per heavy atom. The Kier molecular flexibility index (Phi) is 2.97. The highest BCUT2D eigenvalue weighted by atomic mass is 32.1. The highest BCUT2D eigenvalue weighted by Gasteiger charge is 1.98. The molecular weight excluding hydrogens is 164 g/mol. The number of carbonyl (C=O) groups is 1. The largest absolute Gasteiger partial charge is 0.467 e. The van der Waals surface area contributed by atoms with Crippen molar-refractivity contribution in [3.8, 4) is 0 Å². The molecule has 0 saturated carbocycles. The summed E-state index contributed by atoms with van der Waals surface area (Å²) in [6.45, 7) is 2.72. The molecule has 0 amide bonds. The van der Waals surface area contributed by atoms with Crippen molar-refractivity contribution in [2.75, 3.05) is 6.61 Å². The number of rotatable bonds is 4. The number of hydrogen-bond donors (Lipinski definition) is 0. The molecular formula is C6H8N2O2S. The number of nitrogens with zero attached hydrogens (tertiary/aromatic N) is 2. The monoisotopic (exact) mass is 172 g/mol. The molecule has 1 heterocycles. The van der Waals surface area contributed by atoms with Crippen molar-refractivity contribution < 1.29 is 9.53 Å². The zero-order valence-corrected chi connectivity index (χ0v) is 6.93. The smallest absolute Gasteiger partial charge is 0.293 e. The first-order valence-corrected chi connectivity index (χ1v) is 3.99. The third-order valence-electron chi connectivity index (χ3n) is 1.07. The lowest BCUT2D eigenvalue weighted by atomic mass is 10.5. The second-order valence-electron chi connectivity index (χ2n) is 1.93. The van der Waals surface area contributed by atoms with Gasteiger partial charge in [0.2, 0.25) is 0 Å². The van der Waals surface area contributed by atoms with E-state index in [2.05, 4.69) is 14.9 Å². The van der Waals surface area contributed by atoms with Crippen molar-refractivity contribution in [2.45, 2.75) is 13.3 Å². The first kappa shape index (κ1) is 8.13. The Balaban J connectivity index is 2.32.